The Morgan fingerprint density at radius 1 is 0.962 bits per heavy atom. The van der Waals surface area contributed by atoms with Crippen molar-refractivity contribution in [3.05, 3.63) is 65.7 Å². The summed E-state index contributed by atoms with van der Waals surface area (Å²) in [6, 6.07) is 15.7. The van der Waals surface area contributed by atoms with Crippen LogP contribution in [0.4, 0.5) is 0 Å². The van der Waals surface area contributed by atoms with E-state index >= 15 is 0 Å². The molecular weight excluding hydrogens is 354 g/mol. The Labute approximate surface area is 154 Å². The minimum atomic E-state index is -4.09. The molecule has 2 aromatic carbocycles. The van der Waals surface area contributed by atoms with Gasteiger partial charge in [0.05, 0.1) is 4.90 Å². The van der Waals surface area contributed by atoms with Crippen molar-refractivity contribution in [3.63, 3.8) is 0 Å². The maximum absolute atomic E-state index is 10.9. The third-order valence-corrected chi connectivity index (χ3v) is 4.64. The van der Waals surface area contributed by atoms with E-state index in [0.29, 0.717) is 0 Å². The quantitative estimate of drug-likeness (QED) is 0.664. The number of carboxylic acid groups (broad SMARTS) is 1. The highest BCUT2D eigenvalue weighted by Crippen LogP contribution is 2.12. The summed E-state index contributed by atoms with van der Waals surface area (Å²) in [6.45, 7) is 3.55. The number of carboxylic acids is 1. The number of aryl methyl sites for hydroxylation is 2. The van der Waals surface area contributed by atoms with Gasteiger partial charge in [0, 0.05) is 0 Å². The van der Waals surface area contributed by atoms with Crippen molar-refractivity contribution in [3.8, 4) is 0 Å². The van der Waals surface area contributed by atoms with E-state index in [4.69, 9.17) is 15.4 Å². The topological polar surface area (TPSA) is 118 Å². The standard InChI is InChI=1S/C14H14O3S.C5H11NO2/c15-18(16,17)14-10-8-13(9-11-14)7-6-12-4-2-1-3-5-12;1-3(2)4(6)5(7)8/h1-5,8-11H,6-7H2,(H,15,16,17);3-4H,6H2,1-2H3,(H,7,8)/t;4-/m.0/s1. The zero-order valence-corrected chi connectivity index (χ0v) is 15.7. The minimum Gasteiger partial charge on any atom is -0.480 e. The van der Waals surface area contributed by atoms with Gasteiger partial charge < -0.3 is 10.8 Å². The van der Waals surface area contributed by atoms with Crippen molar-refractivity contribution >= 4 is 16.1 Å². The van der Waals surface area contributed by atoms with Crippen LogP contribution in [0.3, 0.4) is 0 Å². The molecule has 0 amide bonds. The molecule has 0 spiro atoms. The van der Waals surface area contributed by atoms with E-state index in [1.807, 2.05) is 18.2 Å². The monoisotopic (exact) mass is 379 g/mol. The van der Waals surface area contributed by atoms with Gasteiger partial charge in [0.2, 0.25) is 0 Å². The molecule has 142 valence electrons. The van der Waals surface area contributed by atoms with Crippen molar-refractivity contribution in [2.75, 3.05) is 0 Å². The number of carbonyl (C=O) groups is 1. The fraction of sp³-hybridized carbons (Fsp3) is 0.316. The van der Waals surface area contributed by atoms with Gasteiger partial charge in [-0.2, -0.15) is 8.42 Å². The zero-order valence-electron chi connectivity index (χ0n) is 14.9. The second-order valence-electron chi connectivity index (χ2n) is 6.21. The molecule has 2 aromatic rings. The average molecular weight is 379 g/mol. The summed E-state index contributed by atoms with van der Waals surface area (Å²) in [6.07, 6.45) is 1.75. The van der Waals surface area contributed by atoms with E-state index in [1.165, 1.54) is 17.7 Å². The number of benzene rings is 2. The minimum absolute atomic E-state index is 0.0208. The Kier molecular flexibility index (Phi) is 8.44. The molecule has 0 unspecified atom stereocenters. The molecule has 0 aromatic heterocycles. The summed E-state index contributed by atoms with van der Waals surface area (Å²) in [5.74, 6) is -0.910. The van der Waals surface area contributed by atoms with Crippen LogP contribution in [0.2, 0.25) is 0 Å². The van der Waals surface area contributed by atoms with Gasteiger partial charge in [0.1, 0.15) is 6.04 Å². The predicted molar refractivity (Wildman–Crippen MR) is 101 cm³/mol. The third-order valence-electron chi connectivity index (χ3n) is 3.77. The van der Waals surface area contributed by atoms with Crippen LogP contribution in [-0.2, 0) is 27.8 Å². The lowest BCUT2D eigenvalue weighted by Gasteiger charge is -2.07. The molecule has 6 nitrogen and oxygen atoms in total. The highest BCUT2D eigenvalue weighted by atomic mass is 32.2. The first-order chi connectivity index (χ1) is 12.1. The fourth-order valence-electron chi connectivity index (χ4n) is 2.05. The van der Waals surface area contributed by atoms with Gasteiger partial charge >= 0.3 is 5.97 Å². The Morgan fingerprint density at radius 3 is 1.77 bits per heavy atom. The number of hydrogen-bond acceptors (Lipinski definition) is 4. The molecule has 0 aliphatic carbocycles. The molecule has 0 bridgehead atoms. The molecule has 4 N–H and O–H groups in total. The van der Waals surface area contributed by atoms with Crippen LogP contribution in [0, 0.1) is 5.92 Å². The van der Waals surface area contributed by atoms with Crippen LogP contribution < -0.4 is 5.73 Å². The summed E-state index contributed by atoms with van der Waals surface area (Å²) in [5, 5.41) is 8.23. The SMILES string of the molecule is CC(C)[C@H](N)C(=O)O.O=S(=O)(O)c1ccc(CCc2ccccc2)cc1. The van der Waals surface area contributed by atoms with Gasteiger partial charge in [-0.05, 0) is 42.0 Å². The van der Waals surface area contributed by atoms with Crippen LogP contribution in [0.1, 0.15) is 25.0 Å². The van der Waals surface area contributed by atoms with E-state index in [9.17, 15) is 13.2 Å². The summed E-state index contributed by atoms with van der Waals surface area (Å²) < 4.78 is 30.6. The van der Waals surface area contributed by atoms with Crippen LogP contribution >= 0.6 is 0 Å². The normalized spacial score (nSPS) is 12.2. The lowest BCUT2D eigenvalue weighted by Crippen LogP contribution is -2.34. The van der Waals surface area contributed by atoms with E-state index in [0.717, 1.165) is 18.4 Å². The number of nitrogens with two attached hydrogens (primary N) is 1. The van der Waals surface area contributed by atoms with E-state index in [2.05, 4.69) is 12.1 Å². The molecule has 0 radical (unpaired) electrons. The molecule has 2 rings (SSSR count). The molecule has 0 fully saturated rings. The molecule has 0 aliphatic rings. The van der Waals surface area contributed by atoms with Gasteiger partial charge in [-0.1, -0.05) is 56.3 Å². The molecular formula is C19H25NO5S. The van der Waals surface area contributed by atoms with Gasteiger partial charge in [0.25, 0.3) is 10.1 Å². The maximum atomic E-state index is 10.9. The molecule has 0 saturated heterocycles. The molecule has 7 heteroatoms. The largest absolute Gasteiger partial charge is 0.480 e. The molecule has 0 aliphatic heterocycles. The highest BCUT2D eigenvalue weighted by Gasteiger charge is 2.14. The second-order valence-corrected chi connectivity index (χ2v) is 7.63. The lowest BCUT2D eigenvalue weighted by atomic mass is 10.0. The Hall–Kier alpha value is -2.22. The Balaban J connectivity index is 0.000000359. The number of aliphatic carboxylic acids is 1. The zero-order chi connectivity index (χ0) is 19.7. The maximum Gasteiger partial charge on any atom is 0.320 e. The Bertz CT molecular complexity index is 786. The first-order valence-electron chi connectivity index (χ1n) is 8.20. The van der Waals surface area contributed by atoms with Crippen LogP contribution in [0.5, 0.6) is 0 Å². The molecule has 0 saturated carbocycles. The smallest absolute Gasteiger partial charge is 0.320 e. The van der Waals surface area contributed by atoms with Gasteiger partial charge in [0.15, 0.2) is 0 Å². The van der Waals surface area contributed by atoms with E-state index in [-0.39, 0.29) is 10.8 Å². The summed E-state index contributed by atoms with van der Waals surface area (Å²) in [5.41, 5.74) is 7.45. The highest BCUT2D eigenvalue weighted by molar-refractivity contribution is 7.85. The second kappa shape index (κ2) is 10.1. The first-order valence-corrected chi connectivity index (χ1v) is 9.64. The average Bonchev–Trinajstić information content (AvgIpc) is 2.60. The van der Waals surface area contributed by atoms with E-state index < -0.39 is 22.1 Å². The van der Waals surface area contributed by atoms with Gasteiger partial charge in [-0.15, -0.1) is 0 Å². The van der Waals surface area contributed by atoms with Crippen molar-refractivity contribution in [2.24, 2.45) is 11.7 Å². The van der Waals surface area contributed by atoms with Crippen molar-refractivity contribution in [1.82, 2.24) is 0 Å². The first kappa shape index (κ1) is 21.8. The fourth-order valence-corrected chi connectivity index (χ4v) is 2.53. The number of rotatable bonds is 6. The van der Waals surface area contributed by atoms with Crippen molar-refractivity contribution in [2.45, 2.75) is 37.6 Å². The van der Waals surface area contributed by atoms with Gasteiger partial charge in [-0.3, -0.25) is 9.35 Å². The lowest BCUT2D eigenvalue weighted by molar-refractivity contribution is -0.139. The van der Waals surface area contributed by atoms with Crippen LogP contribution in [-0.4, -0.2) is 30.1 Å². The van der Waals surface area contributed by atoms with Crippen molar-refractivity contribution < 1.29 is 22.9 Å². The summed E-state index contributed by atoms with van der Waals surface area (Å²) in [7, 11) is -4.09. The summed E-state index contributed by atoms with van der Waals surface area (Å²) in [4.78, 5) is 9.95. The summed E-state index contributed by atoms with van der Waals surface area (Å²) >= 11 is 0. The third kappa shape index (κ3) is 7.77. The molecule has 26 heavy (non-hydrogen) atoms. The van der Waals surface area contributed by atoms with Crippen molar-refractivity contribution in [1.29, 1.82) is 0 Å². The predicted octanol–water partition coefficient (Wildman–Crippen LogP) is 2.77. The van der Waals surface area contributed by atoms with Crippen LogP contribution in [0.15, 0.2) is 59.5 Å². The van der Waals surface area contributed by atoms with E-state index in [1.54, 1.807) is 26.0 Å². The number of hydrogen-bond donors (Lipinski definition) is 3. The molecule has 1 atom stereocenters. The van der Waals surface area contributed by atoms with Gasteiger partial charge in [-0.25, -0.2) is 0 Å². The Morgan fingerprint density at radius 2 is 1.42 bits per heavy atom. The molecule has 0 heterocycles. The van der Waals surface area contributed by atoms with Crippen LogP contribution in [0.25, 0.3) is 0 Å².